The highest BCUT2D eigenvalue weighted by atomic mass is 19.1. The lowest BCUT2D eigenvalue weighted by atomic mass is 9.95. The highest BCUT2D eigenvalue weighted by molar-refractivity contribution is 5.95. The van der Waals surface area contributed by atoms with Crippen molar-refractivity contribution in [3.05, 3.63) is 65.5 Å². The number of anilines is 1. The van der Waals surface area contributed by atoms with Crippen LogP contribution in [0, 0.1) is 11.7 Å². The first-order chi connectivity index (χ1) is 14.8. The van der Waals surface area contributed by atoms with E-state index in [0.29, 0.717) is 43.6 Å². The average Bonchev–Trinajstić information content (AvgIpc) is 2.74. The van der Waals surface area contributed by atoms with Crippen LogP contribution in [0.25, 0.3) is 0 Å². The van der Waals surface area contributed by atoms with E-state index in [0.717, 1.165) is 5.56 Å². The maximum Gasteiger partial charge on any atom is 0.253 e. The Morgan fingerprint density at radius 2 is 1.61 bits per heavy atom. The smallest absolute Gasteiger partial charge is 0.253 e. The number of likely N-dealkylation sites (tertiary alicyclic amines) is 1. The second-order valence-corrected chi connectivity index (χ2v) is 8.16. The molecule has 31 heavy (non-hydrogen) atoms. The van der Waals surface area contributed by atoms with Crippen molar-refractivity contribution in [1.82, 2.24) is 10.2 Å². The minimum atomic E-state index is -0.376. The van der Waals surface area contributed by atoms with E-state index >= 15 is 0 Å². The summed E-state index contributed by atoms with van der Waals surface area (Å²) in [5.74, 6) is -0.795. The first-order valence-corrected chi connectivity index (χ1v) is 10.6. The van der Waals surface area contributed by atoms with Crippen LogP contribution in [0.15, 0.2) is 48.5 Å². The van der Waals surface area contributed by atoms with Crippen molar-refractivity contribution < 1.29 is 18.8 Å². The van der Waals surface area contributed by atoms with Gasteiger partial charge in [0.1, 0.15) is 5.82 Å². The highest BCUT2D eigenvalue weighted by Gasteiger charge is 2.28. The third-order valence-corrected chi connectivity index (χ3v) is 5.28. The van der Waals surface area contributed by atoms with Crippen molar-refractivity contribution in [3.8, 4) is 0 Å². The van der Waals surface area contributed by atoms with Crippen LogP contribution in [-0.4, -0.2) is 41.8 Å². The van der Waals surface area contributed by atoms with Crippen molar-refractivity contribution in [2.45, 2.75) is 39.2 Å². The van der Waals surface area contributed by atoms with Crippen LogP contribution in [0.2, 0.25) is 0 Å². The fourth-order valence-electron chi connectivity index (χ4n) is 3.63. The van der Waals surface area contributed by atoms with Gasteiger partial charge in [0.25, 0.3) is 5.91 Å². The molecular formula is C24H28FN3O3. The summed E-state index contributed by atoms with van der Waals surface area (Å²) < 4.78 is 13.0. The molecule has 1 heterocycles. The van der Waals surface area contributed by atoms with Crippen molar-refractivity contribution in [2.75, 3.05) is 18.4 Å². The Labute approximate surface area is 181 Å². The fourth-order valence-corrected chi connectivity index (χ4v) is 3.63. The van der Waals surface area contributed by atoms with Crippen LogP contribution in [0.1, 0.15) is 42.6 Å². The molecule has 2 N–H and O–H groups in total. The number of benzene rings is 2. The van der Waals surface area contributed by atoms with E-state index in [2.05, 4.69) is 10.6 Å². The Bertz CT molecular complexity index is 918. The van der Waals surface area contributed by atoms with Crippen molar-refractivity contribution >= 4 is 23.4 Å². The molecule has 0 aliphatic carbocycles. The predicted molar refractivity (Wildman–Crippen MR) is 117 cm³/mol. The number of amides is 3. The SMILES string of the molecule is CC(C)NC(=O)Cc1ccc(NC(=O)C2CCN(C(=O)c3ccc(F)cc3)CC2)cc1. The molecule has 1 saturated heterocycles. The molecular weight excluding hydrogens is 397 g/mol. The summed E-state index contributed by atoms with van der Waals surface area (Å²) in [6.07, 6.45) is 1.45. The molecule has 164 valence electrons. The van der Waals surface area contributed by atoms with Gasteiger partial charge in [0.15, 0.2) is 0 Å². The molecule has 0 aromatic heterocycles. The molecule has 3 rings (SSSR count). The molecule has 1 aliphatic rings. The molecule has 0 saturated carbocycles. The lowest BCUT2D eigenvalue weighted by Gasteiger charge is -2.31. The molecule has 1 aliphatic heterocycles. The Kier molecular flexibility index (Phi) is 7.39. The summed E-state index contributed by atoms with van der Waals surface area (Å²) in [4.78, 5) is 38.7. The monoisotopic (exact) mass is 425 g/mol. The molecule has 3 amide bonds. The fraction of sp³-hybridized carbons (Fsp3) is 0.375. The molecule has 2 aromatic rings. The van der Waals surface area contributed by atoms with E-state index in [4.69, 9.17) is 0 Å². The zero-order valence-electron chi connectivity index (χ0n) is 17.9. The zero-order valence-corrected chi connectivity index (χ0v) is 17.9. The Morgan fingerprint density at radius 3 is 2.19 bits per heavy atom. The molecule has 0 spiro atoms. The molecule has 0 bridgehead atoms. The summed E-state index contributed by atoms with van der Waals surface area (Å²) in [5, 5.41) is 5.77. The number of carbonyl (C=O) groups is 3. The van der Waals surface area contributed by atoms with E-state index in [-0.39, 0.29) is 35.5 Å². The normalized spacial score (nSPS) is 14.4. The quantitative estimate of drug-likeness (QED) is 0.745. The molecule has 7 heteroatoms. The van der Waals surface area contributed by atoms with E-state index in [9.17, 15) is 18.8 Å². The van der Waals surface area contributed by atoms with Gasteiger partial charge in [-0.15, -0.1) is 0 Å². The number of rotatable bonds is 6. The van der Waals surface area contributed by atoms with Gasteiger partial charge >= 0.3 is 0 Å². The number of hydrogen-bond acceptors (Lipinski definition) is 3. The highest BCUT2D eigenvalue weighted by Crippen LogP contribution is 2.21. The van der Waals surface area contributed by atoms with Crippen LogP contribution < -0.4 is 10.6 Å². The largest absolute Gasteiger partial charge is 0.354 e. The second kappa shape index (κ2) is 10.2. The van der Waals surface area contributed by atoms with Crippen LogP contribution in [0.3, 0.4) is 0 Å². The zero-order chi connectivity index (χ0) is 22.4. The maximum atomic E-state index is 13.0. The van der Waals surface area contributed by atoms with Crippen LogP contribution in [0.4, 0.5) is 10.1 Å². The lowest BCUT2D eigenvalue weighted by Crippen LogP contribution is -2.41. The topological polar surface area (TPSA) is 78.5 Å². The number of hydrogen-bond donors (Lipinski definition) is 2. The molecule has 0 unspecified atom stereocenters. The van der Waals surface area contributed by atoms with Gasteiger partial charge in [-0.1, -0.05) is 12.1 Å². The minimum absolute atomic E-state index is 0.0336. The van der Waals surface area contributed by atoms with E-state index in [1.807, 2.05) is 26.0 Å². The van der Waals surface area contributed by atoms with Gasteiger partial charge < -0.3 is 15.5 Å². The lowest BCUT2D eigenvalue weighted by molar-refractivity contribution is -0.121. The molecule has 6 nitrogen and oxygen atoms in total. The van der Waals surface area contributed by atoms with Gasteiger partial charge in [0.05, 0.1) is 6.42 Å². The van der Waals surface area contributed by atoms with E-state index in [1.165, 1.54) is 24.3 Å². The number of carbonyl (C=O) groups excluding carboxylic acids is 3. The Morgan fingerprint density at radius 1 is 1.00 bits per heavy atom. The van der Waals surface area contributed by atoms with Crippen LogP contribution in [0.5, 0.6) is 0 Å². The van der Waals surface area contributed by atoms with Gasteiger partial charge in [-0.05, 0) is 68.7 Å². The van der Waals surface area contributed by atoms with Crippen LogP contribution in [-0.2, 0) is 16.0 Å². The standard InChI is InChI=1S/C24H28FN3O3/c1-16(2)26-22(29)15-17-3-9-21(10-4-17)27-23(30)18-11-13-28(14-12-18)24(31)19-5-7-20(25)8-6-19/h3-10,16,18H,11-15H2,1-2H3,(H,26,29)(H,27,30). The summed E-state index contributed by atoms with van der Waals surface area (Å²) in [5.41, 5.74) is 2.01. The second-order valence-electron chi connectivity index (χ2n) is 8.16. The first kappa shape index (κ1) is 22.5. The minimum Gasteiger partial charge on any atom is -0.354 e. The Balaban J connectivity index is 1.48. The van der Waals surface area contributed by atoms with Gasteiger partial charge in [-0.3, -0.25) is 14.4 Å². The van der Waals surface area contributed by atoms with E-state index < -0.39 is 0 Å². The van der Waals surface area contributed by atoms with Gasteiger partial charge in [0, 0.05) is 36.3 Å². The molecule has 2 aromatic carbocycles. The first-order valence-electron chi connectivity index (χ1n) is 10.6. The number of nitrogens with one attached hydrogen (secondary N) is 2. The van der Waals surface area contributed by atoms with Gasteiger partial charge in [-0.2, -0.15) is 0 Å². The van der Waals surface area contributed by atoms with Gasteiger partial charge in [0.2, 0.25) is 11.8 Å². The van der Waals surface area contributed by atoms with Gasteiger partial charge in [-0.25, -0.2) is 4.39 Å². The van der Waals surface area contributed by atoms with Crippen molar-refractivity contribution in [3.63, 3.8) is 0 Å². The average molecular weight is 426 g/mol. The molecule has 1 fully saturated rings. The summed E-state index contributed by atoms with van der Waals surface area (Å²) in [6.45, 7) is 4.80. The Hall–Kier alpha value is -3.22. The number of halogens is 1. The van der Waals surface area contributed by atoms with Crippen molar-refractivity contribution in [1.29, 1.82) is 0 Å². The summed E-state index contributed by atoms with van der Waals surface area (Å²) >= 11 is 0. The van der Waals surface area contributed by atoms with E-state index in [1.54, 1.807) is 17.0 Å². The molecule has 0 radical (unpaired) electrons. The third kappa shape index (κ3) is 6.38. The van der Waals surface area contributed by atoms with Crippen LogP contribution >= 0.6 is 0 Å². The van der Waals surface area contributed by atoms with Crippen molar-refractivity contribution in [2.24, 2.45) is 5.92 Å². The predicted octanol–water partition coefficient (Wildman–Crippen LogP) is 3.38. The summed E-state index contributed by atoms with van der Waals surface area (Å²) in [7, 11) is 0. The maximum absolute atomic E-state index is 13.0. The third-order valence-electron chi connectivity index (χ3n) is 5.28. The number of piperidine rings is 1. The summed E-state index contributed by atoms with van der Waals surface area (Å²) in [6, 6.07) is 12.9. The number of nitrogens with zero attached hydrogens (tertiary/aromatic N) is 1. The molecule has 0 atom stereocenters.